The summed E-state index contributed by atoms with van der Waals surface area (Å²) in [6.07, 6.45) is 4.00. The fourth-order valence-corrected chi connectivity index (χ4v) is 0.845. The minimum Gasteiger partial charge on any atom is -0.399 e. The summed E-state index contributed by atoms with van der Waals surface area (Å²) in [6, 6.07) is 0. The van der Waals surface area contributed by atoms with E-state index in [-0.39, 0.29) is 0 Å². The molecule has 11 heavy (non-hydrogen) atoms. The summed E-state index contributed by atoms with van der Waals surface area (Å²) in [7, 11) is 0. The second kappa shape index (κ2) is 5.42. The molecule has 0 aliphatic carbocycles. The molecule has 64 valence electrons. The van der Waals surface area contributed by atoms with Crippen LogP contribution in [0.4, 0.5) is 0 Å². The second-order valence-electron chi connectivity index (χ2n) is 2.53. The Morgan fingerprint density at radius 2 is 1.91 bits per heavy atom. The molecule has 0 atom stereocenters. The molecule has 0 spiro atoms. The van der Waals surface area contributed by atoms with Crippen molar-refractivity contribution < 1.29 is 0 Å². The van der Waals surface area contributed by atoms with Gasteiger partial charge in [0, 0.05) is 5.70 Å². The monoisotopic (exact) mass is 217 g/mol. The highest BCUT2D eigenvalue weighted by molar-refractivity contribution is 9.11. The van der Waals surface area contributed by atoms with Gasteiger partial charge in [-0.1, -0.05) is 35.4 Å². The Kier molecular flexibility index (Phi) is 5.30. The zero-order valence-electron chi connectivity index (χ0n) is 7.45. The van der Waals surface area contributed by atoms with Crippen molar-refractivity contribution in [3.05, 3.63) is 21.8 Å². The molecule has 0 bridgehead atoms. The molecule has 0 saturated carbocycles. The minimum atomic E-state index is 0.890. The van der Waals surface area contributed by atoms with E-state index in [1.807, 2.05) is 6.08 Å². The quantitative estimate of drug-likeness (QED) is 0.722. The number of hydrogen-bond acceptors (Lipinski definition) is 1. The highest BCUT2D eigenvalue weighted by atomic mass is 79.9. The standard InChI is InChI=1S/C9H16BrN/c1-4-7(3)9(11)6-8(10)5-2/h6H,4-5,11H2,1-3H3/b8-6+,9-7-. The predicted octanol–water partition coefficient (Wildman–Crippen LogP) is 3.32. The molecular weight excluding hydrogens is 202 g/mol. The van der Waals surface area contributed by atoms with Gasteiger partial charge >= 0.3 is 0 Å². The number of rotatable bonds is 3. The Balaban J connectivity index is 4.37. The van der Waals surface area contributed by atoms with E-state index in [2.05, 4.69) is 36.7 Å². The highest BCUT2D eigenvalue weighted by Crippen LogP contribution is 2.13. The number of hydrogen-bond donors (Lipinski definition) is 1. The fourth-order valence-electron chi connectivity index (χ4n) is 0.598. The minimum absolute atomic E-state index is 0.890. The van der Waals surface area contributed by atoms with Gasteiger partial charge in [-0.25, -0.2) is 0 Å². The van der Waals surface area contributed by atoms with Crippen molar-refractivity contribution in [3.63, 3.8) is 0 Å². The van der Waals surface area contributed by atoms with Crippen LogP contribution in [0.25, 0.3) is 0 Å². The van der Waals surface area contributed by atoms with Crippen molar-refractivity contribution in [2.45, 2.75) is 33.6 Å². The average Bonchev–Trinajstić information content (AvgIpc) is 2.02. The van der Waals surface area contributed by atoms with Crippen LogP contribution >= 0.6 is 15.9 Å². The molecule has 0 aliphatic rings. The van der Waals surface area contributed by atoms with E-state index in [0.29, 0.717) is 0 Å². The molecule has 0 saturated heterocycles. The lowest BCUT2D eigenvalue weighted by Crippen LogP contribution is -1.97. The van der Waals surface area contributed by atoms with E-state index in [9.17, 15) is 0 Å². The van der Waals surface area contributed by atoms with Crippen LogP contribution in [-0.4, -0.2) is 0 Å². The lowest BCUT2D eigenvalue weighted by Gasteiger charge is -2.00. The van der Waals surface area contributed by atoms with Gasteiger partial charge in [-0.2, -0.15) is 0 Å². The molecule has 0 aromatic carbocycles. The second-order valence-corrected chi connectivity index (χ2v) is 3.55. The van der Waals surface area contributed by atoms with Gasteiger partial charge in [0.1, 0.15) is 0 Å². The predicted molar refractivity (Wildman–Crippen MR) is 54.5 cm³/mol. The summed E-state index contributed by atoms with van der Waals surface area (Å²) >= 11 is 3.42. The third-order valence-corrected chi connectivity index (χ3v) is 2.46. The van der Waals surface area contributed by atoms with Crippen molar-refractivity contribution in [1.29, 1.82) is 0 Å². The molecule has 0 aliphatic heterocycles. The maximum atomic E-state index is 5.78. The topological polar surface area (TPSA) is 26.0 Å². The van der Waals surface area contributed by atoms with Gasteiger partial charge in [0.05, 0.1) is 0 Å². The zero-order chi connectivity index (χ0) is 8.85. The van der Waals surface area contributed by atoms with Crippen molar-refractivity contribution in [1.82, 2.24) is 0 Å². The van der Waals surface area contributed by atoms with E-state index < -0.39 is 0 Å². The zero-order valence-corrected chi connectivity index (χ0v) is 9.03. The molecule has 0 aromatic rings. The largest absolute Gasteiger partial charge is 0.399 e. The molecule has 0 heterocycles. The third-order valence-electron chi connectivity index (χ3n) is 1.67. The van der Waals surface area contributed by atoms with Gasteiger partial charge in [0.2, 0.25) is 0 Å². The smallest absolute Gasteiger partial charge is 0.0310 e. The third kappa shape index (κ3) is 4.25. The fraction of sp³-hybridized carbons (Fsp3) is 0.556. The Morgan fingerprint density at radius 3 is 2.27 bits per heavy atom. The van der Waals surface area contributed by atoms with E-state index in [0.717, 1.165) is 23.0 Å². The first-order valence-electron chi connectivity index (χ1n) is 3.93. The summed E-state index contributed by atoms with van der Waals surface area (Å²) in [5, 5.41) is 0. The van der Waals surface area contributed by atoms with Gasteiger partial charge in [0.15, 0.2) is 0 Å². The number of halogens is 1. The van der Waals surface area contributed by atoms with Crippen LogP contribution in [0.3, 0.4) is 0 Å². The van der Waals surface area contributed by atoms with E-state index >= 15 is 0 Å². The van der Waals surface area contributed by atoms with E-state index in [1.54, 1.807) is 0 Å². The molecule has 0 aromatic heterocycles. The first-order chi connectivity index (χ1) is 5.11. The van der Waals surface area contributed by atoms with Crippen LogP contribution in [0.15, 0.2) is 21.8 Å². The summed E-state index contributed by atoms with van der Waals surface area (Å²) in [5.74, 6) is 0. The lowest BCUT2D eigenvalue weighted by atomic mass is 10.2. The normalized spacial score (nSPS) is 14.7. The molecular formula is C9H16BrN. The molecule has 0 fully saturated rings. The van der Waals surface area contributed by atoms with Crippen LogP contribution in [0.2, 0.25) is 0 Å². The van der Waals surface area contributed by atoms with Crippen LogP contribution in [0.1, 0.15) is 33.6 Å². The van der Waals surface area contributed by atoms with Crippen molar-refractivity contribution in [2.75, 3.05) is 0 Å². The van der Waals surface area contributed by atoms with Crippen LogP contribution in [-0.2, 0) is 0 Å². The number of allylic oxidation sites excluding steroid dienone is 3. The maximum Gasteiger partial charge on any atom is 0.0310 e. The van der Waals surface area contributed by atoms with Crippen LogP contribution in [0.5, 0.6) is 0 Å². The number of nitrogens with two attached hydrogens (primary N) is 1. The lowest BCUT2D eigenvalue weighted by molar-refractivity contribution is 1.06. The van der Waals surface area contributed by atoms with E-state index in [4.69, 9.17) is 5.73 Å². The Hall–Kier alpha value is -0.240. The molecule has 0 unspecified atom stereocenters. The summed E-state index contributed by atoms with van der Waals surface area (Å²) < 4.78 is 1.16. The highest BCUT2D eigenvalue weighted by Gasteiger charge is 1.92. The molecule has 0 rings (SSSR count). The summed E-state index contributed by atoms with van der Waals surface area (Å²) in [5.41, 5.74) is 7.91. The first kappa shape index (κ1) is 10.8. The van der Waals surface area contributed by atoms with Gasteiger partial charge in [-0.15, -0.1) is 0 Å². The molecule has 2 N–H and O–H groups in total. The molecule has 2 heteroatoms. The SMILES string of the molecule is CC/C(C)=C(N)/C=C(/Br)CC. The van der Waals surface area contributed by atoms with Gasteiger partial charge < -0.3 is 5.73 Å². The maximum absolute atomic E-state index is 5.78. The van der Waals surface area contributed by atoms with Gasteiger partial charge in [0.25, 0.3) is 0 Å². The van der Waals surface area contributed by atoms with Gasteiger partial charge in [-0.3, -0.25) is 0 Å². The summed E-state index contributed by atoms with van der Waals surface area (Å²) in [4.78, 5) is 0. The van der Waals surface area contributed by atoms with Gasteiger partial charge in [-0.05, 0) is 30.3 Å². The Morgan fingerprint density at radius 1 is 1.36 bits per heavy atom. The summed E-state index contributed by atoms with van der Waals surface area (Å²) in [6.45, 7) is 6.26. The molecule has 0 amide bonds. The Labute approximate surface area is 77.5 Å². The first-order valence-corrected chi connectivity index (χ1v) is 4.72. The van der Waals surface area contributed by atoms with Crippen molar-refractivity contribution in [2.24, 2.45) is 5.73 Å². The van der Waals surface area contributed by atoms with Crippen LogP contribution in [0, 0.1) is 0 Å². The van der Waals surface area contributed by atoms with E-state index in [1.165, 1.54) is 5.57 Å². The average molecular weight is 218 g/mol. The van der Waals surface area contributed by atoms with Crippen LogP contribution < -0.4 is 5.73 Å². The Bertz CT molecular complexity index is 180. The van der Waals surface area contributed by atoms with Crippen molar-refractivity contribution >= 4 is 15.9 Å². The molecule has 0 radical (unpaired) electrons. The molecule has 1 nitrogen and oxygen atoms in total. The van der Waals surface area contributed by atoms with Crippen molar-refractivity contribution in [3.8, 4) is 0 Å².